The van der Waals surface area contributed by atoms with E-state index in [0.29, 0.717) is 35.8 Å². The van der Waals surface area contributed by atoms with E-state index < -0.39 is 5.97 Å². The second-order valence-electron chi connectivity index (χ2n) is 7.12. The summed E-state index contributed by atoms with van der Waals surface area (Å²) in [4.78, 5) is 27.5. The van der Waals surface area contributed by atoms with Crippen LogP contribution in [0.2, 0.25) is 0 Å². The van der Waals surface area contributed by atoms with E-state index in [1.54, 1.807) is 36.5 Å². The molecule has 1 unspecified atom stereocenters. The molecule has 1 aromatic heterocycles. The fourth-order valence-corrected chi connectivity index (χ4v) is 3.35. The van der Waals surface area contributed by atoms with Crippen LogP contribution in [0.15, 0.2) is 48.2 Å². The minimum Gasteiger partial charge on any atom is -0.480 e. The van der Waals surface area contributed by atoms with Crippen LogP contribution in [0.1, 0.15) is 29.6 Å². The number of ether oxygens (including phenoxy) is 4. The largest absolute Gasteiger partial charge is 0.480 e. The molecule has 0 fully saturated rings. The first-order valence-electron chi connectivity index (χ1n) is 9.90. The van der Waals surface area contributed by atoms with Gasteiger partial charge in [0, 0.05) is 18.8 Å². The molecule has 9 nitrogen and oxygen atoms in total. The number of carbonyl (C=O) groups is 2. The van der Waals surface area contributed by atoms with Gasteiger partial charge in [-0.25, -0.2) is 9.78 Å². The smallest absolute Gasteiger partial charge is 0.329 e. The molecule has 2 aliphatic rings. The molecular weight excluding hydrogens is 404 g/mol. The van der Waals surface area contributed by atoms with Gasteiger partial charge in [0.1, 0.15) is 17.9 Å². The third-order valence-corrected chi connectivity index (χ3v) is 4.95. The van der Waals surface area contributed by atoms with Crippen LogP contribution in [0.25, 0.3) is 0 Å². The van der Waals surface area contributed by atoms with Gasteiger partial charge in [-0.1, -0.05) is 11.6 Å². The molecule has 2 N–H and O–H groups in total. The predicted octanol–water partition coefficient (Wildman–Crippen LogP) is 2.91. The molecule has 0 saturated carbocycles. The third kappa shape index (κ3) is 5.32. The second kappa shape index (κ2) is 9.48. The number of carboxylic acid groups (broad SMARTS) is 1. The minimum atomic E-state index is -0.975. The molecule has 2 aromatic rings. The summed E-state index contributed by atoms with van der Waals surface area (Å²) in [6, 6.07) is 8.47. The van der Waals surface area contributed by atoms with Crippen LogP contribution in [0.3, 0.4) is 0 Å². The number of amides is 1. The fraction of sp³-hybridized carbons (Fsp3) is 0.318. The van der Waals surface area contributed by atoms with Crippen LogP contribution in [0, 0.1) is 0 Å². The molecule has 162 valence electrons. The van der Waals surface area contributed by atoms with Crippen LogP contribution < -0.4 is 19.5 Å². The lowest BCUT2D eigenvalue weighted by molar-refractivity contribution is -0.144. The van der Waals surface area contributed by atoms with E-state index in [1.807, 2.05) is 6.08 Å². The zero-order chi connectivity index (χ0) is 21.6. The Bertz CT molecular complexity index is 1010. The topological polar surface area (TPSA) is 116 Å². The summed E-state index contributed by atoms with van der Waals surface area (Å²) in [5.74, 6) is 0.626. The van der Waals surface area contributed by atoms with E-state index in [4.69, 9.17) is 24.1 Å². The summed E-state index contributed by atoms with van der Waals surface area (Å²) in [6.07, 6.45) is 5.53. The molecule has 0 spiro atoms. The van der Waals surface area contributed by atoms with Gasteiger partial charge < -0.3 is 29.4 Å². The number of carboxylic acids is 1. The van der Waals surface area contributed by atoms with Gasteiger partial charge in [-0.05, 0) is 43.5 Å². The summed E-state index contributed by atoms with van der Waals surface area (Å²) in [7, 11) is 0. The maximum Gasteiger partial charge on any atom is 0.329 e. The summed E-state index contributed by atoms with van der Waals surface area (Å²) < 4.78 is 21.8. The van der Waals surface area contributed by atoms with E-state index in [2.05, 4.69) is 10.3 Å². The van der Waals surface area contributed by atoms with Gasteiger partial charge in [0.15, 0.2) is 11.5 Å². The first-order chi connectivity index (χ1) is 15.1. The highest BCUT2D eigenvalue weighted by Crippen LogP contribution is 2.36. The third-order valence-electron chi connectivity index (χ3n) is 4.95. The number of nitrogens with one attached hydrogen (secondary N) is 1. The normalized spacial score (nSPS) is 17.0. The lowest BCUT2D eigenvalue weighted by Gasteiger charge is -2.22. The van der Waals surface area contributed by atoms with Crippen molar-refractivity contribution >= 4 is 11.9 Å². The molecule has 1 atom stereocenters. The van der Waals surface area contributed by atoms with Gasteiger partial charge in [0.25, 0.3) is 5.91 Å². The zero-order valence-electron chi connectivity index (χ0n) is 16.7. The second-order valence-corrected chi connectivity index (χ2v) is 7.12. The zero-order valence-corrected chi connectivity index (χ0v) is 16.7. The molecule has 1 aliphatic heterocycles. The van der Waals surface area contributed by atoms with Crippen molar-refractivity contribution in [3.63, 3.8) is 0 Å². The number of pyridine rings is 1. The van der Waals surface area contributed by atoms with Crippen LogP contribution >= 0.6 is 0 Å². The molecule has 1 amide bonds. The molecule has 9 heteroatoms. The molecule has 1 aromatic carbocycles. The summed E-state index contributed by atoms with van der Waals surface area (Å²) in [5, 5.41) is 11.6. The van der Waals surface area contributed by atoms with Crippen molar-refractivity contribution in [2.75, 3.05) is 19.9 Å². The van der Waals surface area contributed by atoms with Crippen molar-refractivity contribution in [1.29, 1.82) is 0 Å². The van der Waals surface area contributed by atoms with Crippen LogP contribution in [-0.2, 0) is 9.53 Å². The highest BCUT2D eigenvalue weighted by Gasteiger charge is 2.19. The Morgan fingerprint density at radius 2 is 2.10 bits per heavy atom. The first-order valence-corrected chi connectivity index (χ1v) is 9.90. The van der Waals surface area contributed by atoms with Crippen LogP contribution in [0.5, 0.6) is 23.1 Å². The maximum atomic E-state index is 12.7. The lowest BCUT2D eigenvalue weighted by Crippen LogP contribution is -2.28. The quantitative estimate of drug-likeness (QED) is 0.619. The molecule has 0 bridgehead atoms. The van der Waals surface area contributed by atoms with Gasteiger partial charge >= 0.3 is 5.97 Å². The number of nitrogens with zero attached hydrogens (tertiary/aromatic N) is 1. The van der Waals surface area contributed by atoms with Crippen molar-refractivity contribution < 1.29 is 33.6 Å². The summed E-state index contributed by atoms with van der Waals surface area (Å²) in [6.45, 7) is 0.263. The Kier molecular flexibility index (Phi) is 6.32. The Morgan fingerprint density at radius 3 is 2.90 bits per heavy atom. The van der Waals surface area contributed by atoms with E-state index in [-0.39, 0.29) is 31.3 Å². The van der Waals surface area contributed by atoms with Crippen molar-refractivity contribution in [2.24, 2.45) is 0 Å². The maximum absolute atomic E-state index is 12.7. The number of rotatable bonds is 8. The summed E-state index contributed by atoms with van der Waals surface area (Å²) in [5.41, 5.74) is 1.39. The standard InChI is InChI=1S/C22H22N2O7/c25-20(26)12-28-15-5-3-14(4-6-15)11-24-21(27)17-2-1-9-23-22(17)31-16-7-8-18-19(10-16)30-13-29-18/h1-3,7-10,15H,4-6,11-13H2,(H,24,27)(H,25,26). The van der Waals surface area contributed by atoms with Crippen molar-refractivity contribution in [2.45, 2.75) is 25.4 Å². The Labute approximate surface area is 178 Å². The fourth-order valence-electron chi connectivity index (χ4n) is 3.35. The molecule has 4 rings (SSSR count). The number of aromatic nitrogens is 1. The Morgan fingerprint density at radius 1 is 1.23 bits per heavy atom. The molecule has 0 saturated heterocycles. The average Bonchev–Trinajstić information content (AvgIpc) is 3.25. The number of aliphatic carboxylic acids is 1. The molecule has 31 heavy (non-hydrogen) atoms. The Hall–Kier alpha value is -3.59. The van der Waals surface area contributed by atoms with E-state index in [1.165, 1.54) is 0 Å². The van der Waals surface area contributed by atoms with Gasteiger partial charge in [-0.15, -0.1) is 0 Å². The number of fused-ring (bicyclic) bond motifs is 1. The Balaban J connectivity index is 1.35. The summed E-state index contributed by atoms with van der Waals surface area (Å²) >= 11 is 0. The van der Waals surface area contributed by atoms with Crippen molar-refractivity contribution in [3.8, 4) is 23.1 Å². The monoisotopic (exact) mass is 426 g/mol. The number of carbonyl (C=O) groups excluding carboxylic acids is 1. The molecule has 2 heterocycles. The van der Waals surface area contributed by atoms with Gasteiger partial charge in [-0.3, -0.25) is 4.79 Å². The van der Waals surface area contributed by atoms with E-state index in [9.17, 15) is 9.59 Å². The highest BCUT2D eigenvalue weighted by molar-refractivity contribution is 5.96. The van der Waals surface area contributed by atoms with Crippen LogP contribution in [-0.4, -0.2) is 48.0 Å². The van der Waals surface area contributed by atoms with Gasteiger partial charge in [0.05, 0.1) is 6.10 Å². The van der Waals surface area contributed by atoms with Gasteiger partial charge in [-0.2, -0.15) is 0 Å². The number of benzene rings is 1. The van der Waals surface area contributed by atoms with E-state index >= 15 is 0 Å². The SMILES string of the molecule is O=C(O)COC1CC=C(CNC(=O)c2cccnc2Oc2ccc3c(c2)OCO3)CC1. The average molecular weight is 426 g/mol. The molecular formula is C22H22N2O7. The minimum absolute atomic E-state index is 0.101. The first kappa shape index (κ1) is 20.7. The number of hydrogen-bond acceptors (Lipinski definition) is 7. The predicted molar refractivity (Wildman–Crippen MR) is 109 cm³/mol. The van der Waals surface area contributed by atoms with Crippen molar-refractivity contribution in [1.82, 2.24) is 10.3 Å². The highest BCUT2D eigenvalue weighted by atomic mass is 16.7. The molecule has 0 radical (unpaired) electrons. The van der Waals surface area contributed by atoms with E-state index in [0.717, 1.165) is 18.4 Å². The lowest BCUT2D eigenvalue weighted by atomic mass is 9.97. The van der Waals surface area contributed by atoms with Crippen LogP contribution in [0.4, 0.5) is 0 Å². The molecule has 1 aliphatic carbocycles. The van der Waals surface area contributed by atoms with Crippen molar-refractivity contribution in [3.05, 3.63) is 53.7 Å². The van der Waals surface area contributed by atoms with Gasteiger partial charge in [0.2, 0.25) is 12.7 Å². The number of hydrogen-bond donors (Lipinski definition) is 2.